The summed E-state index contributed by atoms with van der Waals surface area (Å²) in [6, 6.07) is 7.06. The second-order valence-corrected chi connectivity index (χ2v) is 13.9. The second kappa shape index (κ2) is 14.0. The number of aliphatic imine (C=N–C) groups is 1. The molecule has 1 atom stereocenters. The van der Waals surface area contributed by atoms with E-state index >= 15 is 0 Å². The van der Waals surface area contributed by atoms with Crippen LogP contribution in [0.1, 0.15) is 71.3 Å². The van der Waals surface area contributed by atoms with Gasteiger partial charge in [0.15, 0.2) is 0 Å². The maximum Gasteiger partial charge on any atom is 0.326 e. The number of rotatable bonds is 11. The Kier molecular flexibility index (Phi) is 10.4. The monoisotopic (exact) mass is 669 g/mol. The molecule has 3 aromatic rings. The van der Waals surface area contributed by atoms with Crippen LogP contribution in [0.15, 0.2) is 57.3 Å². The van der Waals surface area contributed by atoms with Crippen molar-refractivity contribution in [2.75, 3.05) is 6.54 Å². The van der Waals surface area contributed by atoms with Gasteiger partial charge < -0.3 is 25.5 Å². The Hall–Kier alpha value is -4.72. The van der Waals surface area contributed by atoms with Gasteiger partial charge in [0.05, 0.1) is 11.4 Å². The van der Waals surface area contributed by atoms with Crippen LogP contribution < -0.4 is 26.1 Å². The number of nitrogens with one attached hydrogen (secondary N) is 2. The summed E-state index contributed by atoms with van der Waals surface area (Å²) in [5.74, 6) is -2.33. The van der Waals surface area contributed by atoms with E-state index in [-0.39, 0.29) is 48.0 Å². The highest BCUT2D eigenvalue weighted by Crippen LogP contribution is 2.42. The van der Waals surface area contributed by atoms with Crippen molar-refractivity contribution in [3.63, 3.8) is 0 Å². The molecule has 1 aliphatic rings. The molecular formula is C33H40FN5O7S. The number of carboxylic acid groups (broad SMARTS) is 1. The van der Waals surface area contributed by atoms with Crippen LogP contribution in [-0.4, -0.2) is 54.1 Å². The van der Waals surface area contributed by atoms with Crippen molar-refractivity contribution >= 4 is 27.9 Å². The summed E-state index contributed by atoms with van der Waals surface area (Å²) in [7, 11) is -4.11. The topological polar surface area (TPSA) is 182 Å². The number of amides is 1. The first-order chi connectivity index (χ1) is 22.0. The summed E-state index contributed by atoms with van der Waals surface area (Å²) >= 11 is 0. The van der Waals surface area contributed by atoms with Crippen LogP contribution in [0.4, 0.5) is 4.39 Å². The minimum absolute atomic E-state index is 0.0151. The van der Waals surface area contributed by atoms with Gasteiger partial charge in [-0.1, -0.05) is 12.1 Å². The first-order valence-corrected chi connectivity index (χ1v) is 16.6. The highest BCUT2D eigenvalue weighted by molar-refractivity contribution is 7.90. The third-order valence-electron chi connectivity index (χ3n) is 8.22. The quantitative estimate of drug-likeness (QED) is 0.136. The molecule has 0 unspecified atom stereocenters. The molecule has 4 rings (SSSR count). The van der Waals surface area contributed by atoms with Crippen LogP contribution in [-0.2, 0) is 27.8 Å². The summed E-state index contributed by atoms with van der Waals surface area (Å²) in [6.07, 6.45) is 2.89. The van der Waals surface area contributed by atoms with Gasteiger partial charge in [0.2, 0.25) is 5.96 Å². The van der Waals surface area contributed by atoms with Crippen molar-refractivity contribution in [3.05, 3.63) is 92.1 Å². The number of carbonyl (C=O) groups excluding carboxylic acids is 1. The smallest absolute Gasteiger partial charge is 0.326 e. The molecule has 0 saturated carbocycles. The fourth-order valence-corrected chi connectivity index (χ4v) is 7.15. The van der Waals surface area contributed by atoms with Crippen LogP contribution in [0.25, 0.3) is 0 Å². The molecule has 0 fully saturated rings. The number of fused-ring (bicyclic) bond motifs is 1. The number of carbonyl (C=O) groups is 2. The lowest BCUT2D eigenvalue weighted by molar-refractivity contribution is -0.139. The number of carboxylic acids is 1. The molecule has 2 heterocycles. The molecule has 0 spiro atoms. The highest BCUT2D eigenvalue weighted by atomic mass is 32.2. The molecule has 2 aromatic carbocycles. The van der Waals surface area contributed by atoms with E-state index in [1.807, 2.05) is 20.8 Å². The summed E-state index contributed by atoms with van der Waals surface area (Å²) in [5.41, 5.74) is 7.83. The molecule has 14 heteroatoms. The van der Waals surface area contributed by atoms with Crippen molar-refractivity contribution in [3.8, 4) is 5.75 Å². The van der Waals surface area contributed by atoms with E-state index in [4.69, 9.17) is 10.5 Å². The number of sulfonamides is 1. The molecule has 1 aromatic heterocycles. The summed E-state index contributed by atoms with van der Waals surface area (Å²) in [4.78, 5) is 41.9. The Morgan fingerprint density at radius 1 is 1.15 bits per heavy atom. The van der Waals surface area contributed by atoms with E-state index in [0.717, 1.165) is 17.5 Å². The third-order valence-corrected chi connectivity index (χ3v) is 9.85. The lowest BCUT2D eigenvalue weighted by atomic mass is 9.88. The molecule has 0 bridgehead atoms. The summed E-state index contributed by atoms with van der Waals surface area (Å²) < 4.78 is 50.1. The number of hydrogen-bond donors (Lipinski definition) is 4. The Morgan fingerprint density at radius 2 is 1.87 bits per heavy atom. The van der Waals surface area contributed by atoms with Gasteiger partial charge in [-0.15, -0.1) is 0 Å². The number of halogens is 1. The number of guanidine groups is 1. The number of hydrogen-bond acceptors (Lipinski definition) is 7. The molecule has 12 nitrogen and oxygen atoms in total. The number of nitrogens with zero attached hydrogens (tertiary/aromatic N) is 2. The van der Waals surface area contributed by atoms with Crippen LogP contribution >= 0.6 is 0 Å². The van der Waals surface area contributed by atoms with Crippen molar-refractivity contribution in [1.82, 2.24) is 14.6 Å². The molecule has 47 heavy (non-hydrogen) atoms. The number of ether oxygens (including phenoxy) is 1. The number of aromatic nitrogens is 1. The fraction of sp³-hybridized carbons (Fsp3) is 0.394. The van der Waals surface area contributed by atoms with Crippen molar-refractivity contribution in [2.45, 2.75) is 83.4 Å². The van der Waals surface area contributed by atoms with Crippen LogP contribution in [0.2, 0.25) is 0 Å². The second-order valence-electron chi connectivity index (χ2n) is 12.2. The maximum atomic E-state index is 13.6. The van der Waals surface area contributed by atoms with E-state index in [1.165, 1.54) is 41.1 Å². The lowest BCUT2D eigenvalue weighted by Crippen LogP contribution is -2.43. The number of nitrogens with two attached hydrogens (primary N) is 1. The molecule has 0 saturated heterocycles. The highest BCUT2D eigenvalue weighted by Gasteiger charge is 2.33. The Labute approximate surface area is 272 Å². The normalized spacial score (nSPS) is 14.9. The van der Waals surface area contributed by atoms with E-state index in [0.29, 0.717) is 28.9 Å². The van der Waals surface area contributed by atoms with E-state index in [9.17, 15) is 32.3 Å². The standard InChI is InChI=1S/C33H40FN5O7S/c1-19-20(2)28(21(3)24-13-14-33(4,5)46-27(19)24)47(44,45)38-32(35)36-15-7-12-26(31(42)43)37-29(40)25-11-8-16-39(30(25)41)18-22-9-6-10-23(34)17-22/h6,8-11,16-17,26H,7,12-15,18H2,1-5H3,(H,37,40)(H,42,43)(H3,35,36,38)/t26-/m0/s1. The molecule has 1 aliphatic heterocycles. The summed E-state index contributed by atoms with van der Waals surface area (Å²) in [6.45, 7) is 9.24. The van der Waals surface area contributed by atoms with Gasteiger partial charge in [-0.3, -0.25) is 14.6 Å². The van der Waals surface area contributed by atoms with E-state index in [1.54, 1.807) is 19.9 Å². The van der Waals surface area contributed by atoms with Crippen molar-refractivity contribution in [1.29, 1.82) is 0 Å². The van der Waals surface area contributed by atoms with Crippen LogP contribution in [0.3, 0.4) is 0 Å². The molecule has 1 amide bonds. The zero-order valence-electron chi connectivity index (χ0n) is 27.0. The van der Waals surface area contributed by atoms with Gasteiger partial charge in [-0.05, 0) is 112 Å². The average Bonchev–Trinajstić information content (AvgIpc) is 2.97. The van der Waals surface area contributed by atoms with Crippen molar-refractivity contribution in [2.24, 2.45) is 10.7 Å². The minimum Gasteiger partial charge on any atom is -0.487 e. The van der Waals surface area contributed by atoms with E-state index < -0.39 is 39.3 Å². The Balaban J connectivity index is 1.39. The SMILES string of the molecule is Cc1c(C)c(S(=O)(=O)NC(N)=NCCC[C@H](NC(=O)c2cccn(Cc3cccc(F)c3)c2=O)C(=O)O)c(C)c2c1OC(C)(C)CC2. The summed E-state index contributed by atoms with van der Waals surface area (Å²) in [5, 5.41) is 12.0. The number of pyridine rings is 1. The largest absolute Gasteiger partial charge is 0.487 e. The zero-order valence-corrected chi connectivity index (χ0v) is 27.8. The van der Waals surface area contributed by atoms with Gasteiger partial charge in [-0.25, -0.2) is 22.3 Å². The van der Waals surface area contributed by atoms with Gasteiger partial charge in [-0.2, -0.15) is 0 Å². The number of aliphatic carboxylic acids is 1. The Bertz CT molecular complexity index is 1900. The molecule has 5 N–H and O–H groups in total. The van der Waals surface area contributed by atoms with Gasteiger partial charge in [0.1, 0.15) is 28.8 Å². The first kappa shape index (κ1) is 35.1. The average molecular weight is 670 g/mol. The van der Waals surface area contributed by atoms with Gasteiger partial charge in [0, 0.05) is 12.7 Å². The molecular weight excluding hydrogens is 629 g/mol. The van der Waals surface area contributed by atoms with E-state index in [2.05, 4.69) is 15.0 Å². The fourth-order valence-electron chi connectivity index (χ4n) is 5.63. The third kappa shape index (κ3) is 8.17. The molecule has 0 radical (unpaired) electrons. The lowest BCUT2D eigenvalue weighted by Gasteiger charge is -2.35. The van der Waals surface area contributed by atoms with Gasteiger partial charge >= 0.3 is 5.97 Å². The van der Waals surface area contributed by atoms with Crippen molar-refractivity contribution < 1.29 is 32.2 Å². The predicted molar refractivity (Wildman–Crippen MR) is 175 cm³/mol. The predicted octanol–water partition coefficient (Wildman–Crippen LogP) is 3.32. The Morgan fingerprint density at radius 3 is 2.55 bits per heavy atom. The minimum atomic E-state index is -4.11. The maximum absolute atomic E-state index is 13.6. The van der Waals surface area contributed by atoms with Gasteiger partial charge in [0.25, 0.3) is 21.5 Å². The van der Waals surface area contributed by atoms with Crippen LogP contribution in [0.5, 0.6) is 5.75 Å². The molecule has 252 valence electrons. The number of benzene rings is 2. The zero-order chi connectivity index (χ0) is 34.7. The molecule has 0 aliphatic carbocycles. The van der Waals surface area contributed by atoms with Crippen LogP contribution in [0, 0.1) is 26.6 Å². The first-order valence-electron chi connectivity index (χ1n) is 15.1.